The minimum Gasteiger partial charge on any atom is -0.330 e. The van der Waals surface area contributed by atoms with Crippen molar-refractivity contribution in [3.05, 3.63) is 29.8 Å². The lowest BCUT2D eigenvalue weighted by Gasteiger charge is -2.21. The van der Waals surface area contributed by atoms with Crippen LogP contribution in [0.3, 0.4) is 0 Å². The second-order valence-corrected chi connectivity index (χ2v) is 6.31. The SMILES string of the molecule is CC(C)C(CCN)NS(=O)(=O)c1cc(F)ccc1F. The van der Waals surface area contributed by atoms with E-state index >= 15 is 0 Å². The van der Waals surface area contributed by atoms with Crippen molar-refractivity contribution in [1.29, 1.82) is 0 Å². The van der Waals surface area contributed by atoms with Crippen molar-refractivity contribution in [2.24, 2.45) is 11.7 Å². The van der Waals surface area contributed by atoms with Gasteiger partial charge in [-0.25, -0.2) is 21.9 Å². The van der Waals surface area contributed by atoms with Crippen molar-refractivity contribution < 1.29 is 17.2 Å². The first-order valence-corrected chi connectivity index (χ1v) is 7.43. The summed E-state index contributed by atoms with van der Waals surface area (Å²) in [5.41, 5.74) is 5.41. The van der Waals surface area contributed by atoms with Gasteiger partial charge in [0.25, 0.3) is 0 Å². The molecule has 0 aromatic heterocycles. The maximum Gasteiger partial charge on any atom is 0.243 e. The van der Waals surface area contributed by atoms with Crippen LogP contribution < -0.4 is 10.5 Å². The van der Waals surface area contributed by atoms with Gasteiger partial charge in [0.2, 0.25) is 10.0 Å². The first kappa shape index (κ1) is 16.0. The molecule has 1 rings (SSSR count). The Bertz CT molecular complexity index is 533. The molecular formula is C12H18F2N2O2S. The standard InChI is InChI=1S/C12H18F2N2O2S/c1-8(2)11(5-6-15)16-19(17,18)12-7-9(13)3-4-10(12)14/h3-4,7-8,11,16H,5-6,15H2,1-2H3. The fraction of sp³-hybridized carbons (Fsp3) is 0.500. The van der Waals surface area contributed by atoms with Crippen molar-refractivity contribution in [3.8, 4) is 0 Å². The van der Waals surface area contributed by atoms with Crippen LogP contribution in [-0.2, 0) is 10.0 Å². The summed E-state index contributed by atoms with van der Waals surface area (Å²) in [6.07, 6.45) is 0.424. The molecule has 0 fully saturated rings. The zero-order valence-corrected chi connectivity index (χ0v) is 11.7. The average Bonchev–Trinajstić information content (AvgIpc) is 2.31. The molecule has 0 radical (unpaired) electrons. The Hall–Kier alpha value is -1.05. The maximum atomic E-state index is 13.5. The molecule has 0 amide bonds. The van der Waals surface area contributed by atoms with E-state index in [0.717, 1.165) is 12.1 Å². The Kier molecular flexibility index (Phi) is 5.39. The third-order valence-electron chi connectivity index (χ3n) is 2.77. The highest BCUT2D eigenvalue weighted by molar-refractivity contribution is 7.89. The Morgan fingerprint density at radius 3 is 2.47 bits per heavy atom. The molecule has 19 heavy (non-hydrogen) atoms. The van der Waals surface area contributed by atoms with E-state index in [1.165, 1.54) is 0 Å². The molecule has 0 saturated heterocycles. The Balaban J connectivity index is 3.06. The number of benzene rings is 1. The molecule has 0 aliphatic carbocycles. The molecule has 0 saturated carbocycles. The van der Waals surface area contributed by atoms with Crippen molar-refractivity contribution in [3.63, 3.8) is 0 Å². The third-order valence-corrected chi connectivity index (χ3v) is 4.28. The summed E-state index contributed by atoms with van der Waals surface area (Å²) >= 11 is 0. The summed E-state index contributed by atoms with van der Waals surface area (Å²) in [5, 5.41) is 0. The predicted octanol–water partition coefficient (Wildman–Crippen LogP) is 1.62. The second-order valence-electron chi connectivity index (χ2n) is 4.62. The van der Waals surface area contributed by atoms with E-state index in [0.29, 0.717) is 19.0 Å². The largest absolute Gasteiger partial charge is 0.330 e. The highest BCUT2D eigenvalue weighted by Crippen LogP contribution is 2.17. The van der Waals surface area contributed by atoms with E-state index in [1.54, 1.807) is 0 Å². The lowest BCUT2D eigenvalue weighted by atomic mass is 10.0. The van der Waals surface area contributed by atoms with Crippen molar-refractivity contribution in [2.75, 3.05) is 6.54 Å². The Labute approximate surface area is 112 Å². The van der Waals surface area contributed by atoms with Crippen LogP contribution >= 0.6 is 0 Å². The van der Waals surface area contributed by atoms with Crippen LogP contribution in [0.25, 0.3) is 0 Å². The highest BCUT2D eigenvalue weighted by Gasteiger charge is 2.25. The minimum absolute atomic E-state index is 0.00468. The molecule has 0 aliphatic heterocycles. The molecule has 1 unspecified atom stereocenters. The van der Waals surface area contributed by atoms with Crippen LogP contribution in [0.5, 0.6) is 0 Å². The summed E-state index contributed by atoms with van der Waals surface area (Å²) < 4.78 is 53.0. The number of hydrogen-bond donors (Lipinski definition) is 2. The van der Waals surface area contributed by atoms with Gasteiger partial charge in [-0.1, -0.05) is 13.8 Å². The van der Waals surface area contributed by atoms with Crippen LogP contribution in [0.2, 0.25) is 0 Å². The van der Waals surface area contributed by atoms with Crippen molar-refractivity contribution in [2.45, 2.75) is 31.2 Å². The first-order valence-electron chi connectivity index (χ1n) is 5.95. The molecule has 1 aromatic rings. The summed E-state index contributed by atoms with van der Waals surface area (Å²) in [6, 6.07) is 1.90. The predicted molar refractivity (Wildman–Crippen MR) is 69.0 cm³/mol. The van der Waals surface area contributed by atoms with E-state index in [1.807, 2.05) is 13.8 Å². The highest BCUT2D eigenvalue weighted by atomic mass is 32.2. The van der Waals surface area contributed by atoms with Gasteiger partial charge < -0.3 is 5.73 Å². The zero-order chi connectivity index (χ0) is 14.6. The number of nitrogens with one attached hydrogen (secondary N) is 1. The third kappa shape index (κ3) is 4.22. The molecule has 3 N–H and O–H groups in total. The van der Waals surface area contributed by atoms with E-state index in [-0.39, 0.29) is 5.92 Å². The molecule has 0 spiro atoms. The van der Waals surface area contributed by atoms with Gasteiger partial charge in [0, 0.05) is 6.04 Å². The van der Waals surface area contributed by atoms with Gasteiger partial charge >= 0.3 is 0 Å². The monoisotopic (exact) mass is 292 g/mol. The van der Waals surface area contributed by atoms with Crippen molar-refractivity contribution in [1.82, 2.24) is 4.72 Å². The van der Waals surface area contributed by atoms with Crippen LogP contribution in [0.1, 0.15) is 20.3 Å². The molecule has 0 aliphatic rings. The smallest absolute Gasteiger partial charge is 0.243 e. The summed E-state index contributed by atoms with van der Waals surface area (Å²) in [6.45, 7) is 3.95. The lowest BCUT2D eigenvalue weighted by molar-refractivity contribution is 0.426. The quantitative estimate of drug-likeness (QED) is 0.837. The second kappa shape index (κ2) is 6.40. The topological polar surface area (TPSA) is 72.2 Å². The van der Waals surface area contributed by atoms with Gasteiger partial charge in [0.1, 0.15) is 16.5 Å². The summed E-state index contributed by atoms with van der Waals surface area (Å²) in [7, 11) is -4.10. The number of halogens is 2. The lowest BCUT2D eigenvalue weighted by Crippen LogP contribution is -2.40. The number of hydrogen-bond acceptors (Lipinski definition) is 3. The molecule has 0 heterocycles. The maximum absolute atomic E-state index is 13.5. The van der Waals surface area contributed by atoms with E-state index < -0.39 is 32.6 Å². The van der Waals surface area contributed by atoms with E-state index in [4.69, 9.17) is 5.73 Å². The Morgan fingerprint density at radius 2 is 1.95 bits per heavy atom. The van der Waals surface area contributed by atoms with E-state index in [2.05, 4.69) is 4.72 Å². The van der Waals surface area contributed by atoms with Gasteiger partial charge in [0.05, 0.1) is 0 Å². The van der Waals surface area contributed by atoms with E-state index in [9.17, 15) is 17.2 Å². The van der Waals surface area contributed by atoms with Gasteiger partial charge in [-0.3, -0.25) is 0 Å². The molecule has 1 atom stereocenters. The zero-order valence-electron chi connectivity index (χ0n) is 10.9. The average molecular weight is 292 g/mol. The minimum atomic E-state index is -4.10. The number of nitrogens with two attached hydrogens (primary N) is 1. The number of rotatable bonds is 6. The van der Waals surface area contributed by atoms with Gasteiger partial charge in [-0.2, -0.15) is 0 Å². The van der Waals surface area contributed by atoms with Crippen LogP contribution in [-0.4, -0.2) is 21.0 Å². The van der Waals surface area contributed by atoms with Crippen LogP contribution in [0, 0.1) is 17.6 Å². The molecule has 4 nitrogen and oxygen atoms in total. The van der Waals surface area contributed by atoms with Gasteiger partial charge in [0.15, 0.2) is 0 Å². The fourth-order valence-corrected chi connectivity index (χ4v) is 3.16. The first-order chi connectivity index (χ1) is 8.77. The molecule has 108 valence electrons. The molecular weight excluding hydrogens is 274 g/mol. The van der Waals surface area contributed by atoms with Gasteiger partial charge in [-0.15, -0.1) is 0 Å². The fourth-order valence-electron chi connectivity index (χ4n) is 1.65. The van der Waals surface area contributed by atoms with Crippen molar-refractivity contribution >= 4 is 10.0 Å². The summed E-state index contributed by atoms with van der Waals surface area (Å²) in [5.74, 6) is -1.79. The molecule has 0 bridgehead atoms. The van der Waals surface area contributed by atoms with Crippen LogP contribution in [0.4, 0.5) is 8.78 Å². The number of sulfonamides is 1. The Morgan fingerprint density at radius 1 is 1.32 bits per heavy atom. The summed E-state index contributed by atoms with van der Waals surface area (Å²) in [4.78, 5) is -0.685. The molecule has 7 heteroatoms. The van der Waals surface area contributed by atoms with Crippen LogP contribution in [0.15, 0.2) is 23.1 Å². The molecule has 1 aromatic carbocycles. The van der Waals surface area contributed by atoms with Gasteiger partial charge in [-0.05, 0) is 37.1 Å². The normalized spacial score (nSPS) is 13.8.